The zero-order chi connectivity index (χ0) is 19.2. The van der Waals surface area contributed by atoms with Crippen LogP contribution in [0.2, 0.25) is 5.02 Å². The van der Waals surface area contributed by atoms with Gasteiger partial charge in [-0.2, -0.15) is 0 Å². The Balaban J connectivity index is 1.52. The number of halogens is 1. The zero-order valence-corrected chi connectivity index (χ0v) is 16.4. The van der Waals surface area contributed by atoms with E-state index < -0.39 is 0 Å². The van der Waals surface area contributed by atoms with Crippen molar-refractivity contribution < 1.29 is 14.3 Å². The molecule has 2 aliphatic heterocycles. The molecule has 2 aliphatic rings. The molecule has 2 N–H and O–H groups in total. The average Bonchev–Trinajstić information content (AvgIpc) is 3.03. The second-order valence-corrected chi connectivity index (χ2v) is 7.38. The molecule has 2 heterocycles. The van der Waals surface area contributed by atoms with E-state index in [1.54, 1.807) is 6.92 Å². The molecule has 0 bridgehead atoms. The van der Waals surface area contributed by atoms with Gasteiger partial charge in [0.1, 0.15) is 6.04 Å². The average molecular weight is 395 g/mol. The highest BCUT2D eigenvalue weighted by atomic mass is 35.5. The van der Waals surface area contributed by atoms with E-state index in [0.29, 0.717) is 37.7 Å². The summed E-state index contributed by atoms with van der Waals surface area (Å²) in [7, 11) is 0. The van der Waals surface area contributed by atoms with E-state index in [1.807, 2.05) is 29.2 Å². The molecule has 1 amide bonds. The van der Waals surface area contributed by atoms with Crippen LogP contribution in [0, 0.1) is 0 Å². The van der Waals surface area contributed by atoms with Gasteiger partial charge < -0.3 is 9.64 Å². The van der Waals surface area contributed by atoms with Crippen molar-refractivity contribution in [1.29, 1.82) is 0 Å². The predicted molar refractivity (Wildman–Crippen MR) is 103 cm³/mol. The fourth-order valence-corrected chi connectivity index (χ4v) is 3.82. The van der Waals surface area contributed by atoms with Gasteiger partial charge in [0.05, 0.1) is 13.2 Å². The maximum Gasteiger partial charge on any atom is 0.320 e. The Kier molecular flexibility index (Phi) is 7.07. The highest BCUT2D eigenvalue weighted by Crippen LogP contribution is 2.25. The minimum Gasteiger partial charge on any atom is -0.465 e. The monoisotopic (exact) mass is 394 g/mol. The number of nitrogens with one attached hydrogen (secondary N) is 2. The van der Waals surface area contributed by atoms with Gasteiger partial charge in [-0.15, -0.1) is 0 Å². The van der Waals surface area contributed by atoms with E-state index in [0.717, 1.165) is 18.5 Å². The highest BCUT2D eigenvalue weighted by molar-refractivity contribution is 6.30. The van der Waals surface area contributed by atoms with Crippen molar-refractivity contribution >= 4 is 23.5 Å². The lowest BCUT2D eigenvalue weighted by molar-refractivity contribution is -0.144. The van der Waals surface area contributed by atoms with Crippen LogP contribution in [0.4, 0.5) is 0 Å². The van der Waals surface area contributed by atoms with Crippen molar-refractivity contribution in [2.75, 3.05) is 39.3 Å². The topological polar surface area (TPSA) is 73.9 Å². The number of rotatable bonds is 5. The Bertz CT molecular complexity index is 672. The molecule has 0 radical (unpaired) electrons. The molecule has 2 atom stereocenters. The van der Waals surface area contributed by atoms with Crippen molar-refractivity contribution in [3.05, 3.63) is 34.9 Å². The van der Waals surface area contributed by atoms with Crippen LogP contribution in [0.15, 0.2) is 24.3 Å². The number of carbonyl (C=O) groups excluding carboxylic acids is 2. The first-order valence-corrected chi connectivity index (χ1v) is 9.88. The van der Waals surface area contributed by atoms with Gasteiger partial charge in [-0.3, -0.25) is 14.5 Å². The van der Waals surface area contributed by atoms with Crippen LogP contribution in [-0.4, -0.2) is 67.0 Å². The first-order valence-electron chi connectivity index (χ1n) is 9.50. The van der Waals surface area contributed by atoms with Crippen LogP contribution >= 0.6 is 11.6 Å². The Morgan fingerprint density at radius 1 is 1.22 bits per heavy atom. The van der Waals surface area contributed by atoms with E-state index in [1.165, 1.54) is 0 Å². The third kappa shape index (κ3) is 5.42. The molecule has 148 valence electrons. The van der Waals surface area contributed by atoms with E-state index in [9.17, 15) is 9.59 Å². The third-order valence-electron chi connectivity index (χ3n) is 5.01. The van der Waals surface area contributed by atoms with Crippen LogP contribution in [-0.2, 0) is 14.3 Å². The molecule has 2 unspecified atom stereocenters. The largest absolute Gasteiger partial charge is 0.465 e. The summed E-state index contributed by atoms with van der Waals surface area (Å²) in [5.41, 5.74) is 7.41. The van der Waals surface area contributed by atoms with Crippen molar-refractivity contribution in [2.45, 2.75) is 31.8 Å². The van der Waals surface area contributed by atoms with Gasteiger partial charge in [0, 0.05) is 37.2 Å². The smallest absolute Gasteiger partial charge is 0.320 e. The quantitative estimate of drug-likeness (QED) is 0.734. The molecule has 0 saturated carbocycles. The molecule has 1 aromatic rings. The lowest BCUT2D eigenvalue weighted by Crippen LogP contribution is -2.47. The van der Waals surface area contributed by atoms with Gasteiger partial charge >= 0.3 is 5.97 Å². The van der Waals surface area contributed by atoms with E-state index in [-0.39, 0.29) is 30.5 Å². The number of ether oxygens (including phenoxy) is 1. The summed E-state index contributed by atoms with van der Waals surface area (Å²) in [6.45, 7) is 5.30. The maximum atomic E-state index is 12.9. The van der Waals surface area contributed by atoms with Crippen LogP contribution in [0.1, 0.15) is 31.4 Å². The molecule has 7 nitrogen and oxygen atoms in total. The molecule has 2 saturated heterocycles. The maximum absolute atomic E-state index is 12.9. The molecule has 0 aliphatic carbocycles. The number of nitrogens with zero attached hydrogens (tertiary/aromatic N) is 2. The Morgan fingerprint density at radius 3 is 2.85 bits per heavy atom. The zero-order valence-electron chi connectivity index (χ0n) is 15.6. The van der Waals surface area contributed by atoms with Crippen LogP contribution in [0.5, 0.6) is 0 Å². The van der Waals surface area contributed by atoms with Crippen molar-refractivity contribution in [2.24, 2.45) is 0 Å². The minimum atomic E-state index is -0.259. The predicted octanol–water partition coefficient (Wildman–Crippen LogP) is 1.34. The van der Waals surface area contributed by atoms with Gasteiger partial charge in [0.15, 0.2) is 0 Å². The molecule has 0 spiro atoms. The summed E-state index contributed by atoms with van der Waals surface area (Å²) in [6, 6.07) is 7.50. The molecule has 0 aromatic heterocycles. The van der Waals surface area contributed by atoms with Gasteiger partial charge in [-0.25, -0.2) is 10.9 Å². The van der Waals surface area contributed by atoms with Gasteiger partial charge in [-0.1, -0.05) is 23.7 Å². The normalized spacial score (nSPS) is 23.9. The molecule has 1 aromatic carbocycles. The van der Waals surface area contributed by atoms with Crippen LogP contribution in [0.3, 0.4) is 0 Å². The van der Waals surface area contributed by atoms with Gasteiger partial charge in [0.2, 0.25) is 5.91 Å². The number of esters is 1. The lowest BCUT2D eigenvalue weighted by atomic mass is 10.0. The summed E-state index contributed by atoms with van der Waals surface area (Å²) < 4.78 is 5.01. The van der Waals surface area contributed by atoms with E-state index >= 15 is 0 Å². The first kappa shape index (κ1) is 20.1. The molecular weight excluding hydrogens is 368 g/mol. The first-order chi connectivity index (χ1) is 13.1. The number of benzene rings is 1. The van der Waals surface area contributed by atoms with Gasteiger partial charge in [-0.05, 0) is 37.5 Å². The third-order valence-corrected chi connectivity index (χ3v) is 5.25. The van der Waals surface area contributed by atoms with Crippen molar-refractivity contribution in [3.63, 3.8) is 0 Å². The lowest BCUT2D eigenvalue weighted by Gasteiger charge is -2.24. The molecule has 2 fully saturated rings. The van der Waals surface area contributed by atoms with Crippen molar-refractivity contribution in [1.82, 2.24) is 20.7 Å². The fourth-order valence-electron chi connectivity index (χ4n) is 3.62. The minimum absolute atomic E-state index is 0.0601. The Morgan fingerprint density at radius 2 is 2.07 bits per heavy atom. The number of carbonyl (C=O) groups is 2. The number of amides is 1. The highest BCUT2D eigenvalue weighted by Gasteiger charge is 2.33. The molecular formula is C19H27ClN4O3. The van der Waals surface area contributed by atoms with E-state index in [2.05, 4.69) is 15.8 Å². The Labute approximate surface area is 164 Å². The number of hydrazine groups is 1. The van der Waals surface area contributed by atoms with Crippen LogP contribution < -0.4 is 10.9 Å². The standard InChI is InChI=1S/C19H27ClN4O3/c1-2-27-18(25)13-23-7-4-8-24(10-9-23)19(26)17-12-16(21-22-17)14-5-3-6-15(20)11-14/h3,5-6,11,16-17,21-22H,2,4,7-10,12-13H2,1H3. The summed E-state index contributed by atoms with van der Waals surface area (Å²) in [5.74, 6) is -0.103. The van der Waals surface area contributed by atoms with Crippen LogP contribution in [0.25, 0.3) is 0 Å². The summed E-state index contributed by atoms with van der Waals surface area (Å²) in [4.78, 5) is 28.5. The number of hydrogen-bond acceptors (Lipinski definition) is 6. The SMILES string of the molecule is CCOC(=O)CN1CCCN(C(=O)C2CC(c3cccc(Cl)c3)NN2)CC1. The van der Waals surface area contributed by atoms with Crippen molar-refractivity contribution in [3.8, 4) is 0 Å². The summed E-state index contributed by atoms with van der Waals surface area (Å²) in [6.07, 6.45) is 1.53. The second kappa shape index (κ2) is 9.50. The Hall–Kier alpha value is -1.67. The number of hydrogen-bond donors (Lipinski definition) is 2. The fraction of sp³-hybridized carbons (Fsp3) is 0.579. The summed E-state index contributed by atoms with van der Waals surface area (Å²) >= 11 is 6.07. The van der Waals surface area contributed by atoms with Gasteiger partial charge in [0.25, 0.3) is 0 Å². The molecule has 8 heteroatoms. The van der Waals surface area contributed by atoms with E-state index in [4.69, 9.17) is 16.3 Å². The summed E-state index contributed by atoms with van der Waals surface area (Å²) in [5, 5.41) is 0.693. The molecule has 27 heavy (non-hydrogen) atoms. The second-order valence-electron chi connectivity index (χ2n) is 6.94. The molecule has 3 rings (SSSR count).